The van der Waals surface area contributed by atoms with E-state index in [4.69, 9.17) is 10.4 Å². The first-order chi connectivity index (χ1) is 9.38. The van der Waals surface area contributed by atoms with E-state index in [1.165, 1.54) is 12.1 Å². The first kappa shape index (κ1) is 16.9. The van der Waals surface area contributed by atoms with Crippen LogP contribution in [0.25, 0.3) is 0 Å². The summed E-state index contributed by atoms with van der Waals surface area (Å²) in [5, 5.41) is 17.3. The second kappa shape index (κ2) is 7.56. The number of hydrogen-bond acceptors (Lipinski definition) is 4. The predicted molar refractivity (Wildman–Crippen MR) is 80.8 cm³/mol. The van der Waals surface area contributed by atoms with Crippen molar-refractivity contribution >= 4 is 38.6 Å². The molecule has 1 aromatic carbocycles. The normalized spacial score (nSPS) is 11.0. The molecule has 108 valence electrons. The molecule has 0 aliphatic carbocycles. The number of aromatic carboxylic acids is 1. The zero-order valence-corrected chi connectivity index (χ0v) is 13.4. The number of carboxylic acid groups (broad SMARTS) is 1. The molecule has 1 rings (SSSR count). The van der Waals surface area contributed by atoms with Crippen LogP contribution in [-0.4, -0.2) is 26.0 Å². The van der Waals surface area contributed by atoms with Gasteiger partial charge in [-0.2, -0.15) is 5.26 Å². The Morgan fingerprint density at radius 3 is 2.70 bits per heavy atom. The molecular weight excluding hydrogens is 395 g/mol. The molecule has 0 radical (unpaired) electrons. The van der Waals surface area contributed by atoms with Crippen molar-refractivity contribution < 1.29 is 18.3 Å². The van der Waals surface area contributed by atoms with Crippen LogP contribution in [0, 0.1) is 14.9 Å². The molecule has 0 aliphatic rings. The molecule has 6 nitrogen and oxygen atoms in total. The Kier molecular flexibility index (Phi) is 6.38. The van der Waals surface area contributed by atoms with Gasteiger partial charge in [-0.1, -0.05) is 0 Å². The third kappa shape index (κ3) is 4.73. The van der Waals surface area contributed by atoms with Crippen molar-refractivity contribution in [3.05, 3.63) is 27.3 Å². The summed E-state index contributed by atoms with van der Waals surface area (Å²) in [5.41, 5.74) is -0.0436. The first-order valence-electron chi connectivity index (χ1n) is 5.78. The van der Waals surface area contributed by atoms with Gasteiger partial charge in [-0.3, -0.25) is 0 Å². The number of benzene rings is 1. The highest BCUT2D eigenvalue weighted by Crippen LogP contribution is 2.18. The molecule has 0 aliphatic heterocycles. The lowest BCUT2D eigenvalue weighted by atomic mass is 10.2. The fraction of sp³-hybridized carbons (Fsp3) is 0.333. The molecule has 0 saturated carbocycles. The van der Waals surface area contributed by atoms with Crippen LogP contribution in [0.4, 0.5) is 0 Å². The Bertz CT molecular complexity index is 637. The van der Waals surface area contributed by atoms with Crippen molar-refractivity contribution in [3.8, 4) is 6.07 Å². The molecule has 0 unspecified atom stereocenters. The van der Waals surface area contributed by atoms with Gasteiger partial charge in [-0.05, 0) is 53.6 Å². The van der Waals surface area contributed by atoms with Gasteiger partial charge >= 0.3 is 5.97 Å². The summed E-state index contributed by atoms with van der Waals surface area (Å²) in [4.78, 5) is 10.9. The van der Waals surface area contributed by atoms with Crippen LogP contribution in [0.15, 0.2) is 23.1 Å². The summed E-state index contributed by atoms with van der Waals surface area (Å²) in [5.74, 6) is -1.17. The average Bonchev–Trinajstić information content (AvgIpc) is 2.38. The maximum absolute atomic E-state index is 12.0. The van der Waals surface area contributed by atoms with Crippen molar-refractivity contribution in [1.82, 2.24) is 4.72 Å². The smallest absolute Gasteiger partial charge is 0.336 e. The van der Waals surface area contributed by atoms with Gasteiger partial charge in [0, 0.05) is 16.5 Å². The van der Waals surface area contributed by atoms with Crippen molar-refractivity contribution in [2.75, 3.05) is 6.54 Å². The molecule has 0 amide bonds. The van der Waals surface area contributed by atoms with E-state index in [9.17, 15) is 13.2 Å². The molecule has 8 heteroatoms. The quantitative estimate of drug-likeness (QED) is 0.530. The number of hydrogen-bond donors (Lipinski definition) is 2. The monoisotopic (exact) mass is 408 g/mol. The van der Waals surface area contributed by atoms with Crippen LogP contribution < -0.4 is 4.72 Å². The molecule has 0 atom stereocenters. The maximum atomic E-state index is 12.0. The molecule has 0 fully saturated rings. The number of nitrogens with one attached hydrogen (secondary N) is 1. The van der Waals surface area contributed by atoms with Gasteiger partial charge in [0.2, 0.25) is 10.0 Å². The number of nitrogens with zero attached hydrogens (tertiary/aromatic N) is 1. The summed E-state index contributed by atoms with van der Waals surface area (Å²) >= 11 is 1.84. The average molecular weight is 408 g/mol. The summed E-state index contributed by atoms with van der Waals surface area (Å²) in [6, 6.07) is 5.94. The van der Waals surface area contributed by atoms with Crippen LogP contribution in [0.1, 0.15) is 29.6 Å². The van der Waals surface area contributed by atoms with E-state index in [-0.39, 0.29) is 17.0 Å². The minimum atomic E-state index is -3.72. The molecule has 1 aromatic rings. The lowest BCUT2D eigenvalue weighted by Crippen LogP contribution is -2.25. The highest BCUT2D eigenvalue weighted by Gasteiger charge is 2.17. The van der Waals surface area contributed by atoms with Gasteiger partial charge in [0.1, 0.15) is 0 Å². The van der Waals surface area contributed by atoms with Gasteiger partial charge in [-0.25, -0.2) is 17.9 Å². The number of nitriles is 1. The van der Waals surface area contributed by atoms with Gasteiger partial charge in [0.15, 0.2) is 0 Å². The molecule has 0 bridgehead atoms. The van der Waals surface area contributed by atoms with E-state index in [1.54, 1.807) is 0 Å². The van der Waals surface area contributed by atoms with Crippen LogP contribution in [0.3, 0.4) is 0 Å². The fourth-order valence-corrected chi connectivity index (χ4v) is 3.12. The summed E-state index contributed by atoms with van der Waals surface area (Å²) in [6.07, 6.45) is 1.56. The zero-order valence-electron chi connectivity index (χ0n) is 10.5. The number of carbonyl (C=O) groups is 1. The lowest BCUT2D eigenvalue weighted by molar-refractivity contribution is 0.0695. The highest BCUT2D eigenvalue weighted by atomic mass is 127. The highest BCUT2D eigenvalue weighted by molar-refractivity contribution is 14.1. The van der Waals surface area contributed by atoms with E-state index >= 15 is 0 Å². The minimum absolute atomic E-state index is 0.0436. The number of halogens is 1. The van der Waals surface area contributed by atoms with Crippen molar-refractivity contribution in [3.63, 3.8) is 0 Å². The minimum Gasteiger partial charge on any atom is -0.478 e. The van der Waals surface area contributed by atoms with Crippen LogP contribution in [0.5, 0.6) is 0 Å². The fourth-order valence-electron chi connectivity index (χ4n) is 1.45. The molecule has 0 saturated heterocycles. The Morgan fingerprint density at radius 2 is 2.10 bits per heavy atom. The molecule has 0 aromatic heterocycles. The second-order valence-electron chi connectivity index (χ2n) is 3.96. The number of sulfonamides is 1. The van der Waals surface area contributed by atoms with Gasteiger partial charge in [0.05, 0.1) is 16.5 Å². The largest absolute Gasteiger partial charge is 0.478 e. The summed E-state index contributed by atoms with van der Waals surface area (Å²) in [6.45, 7) is 0.221. The van der Waals surface area contributed by atoms with Crippen LogP contribution in [0.2, 0.25) is 0 Å². The number of rotatable bonds is 7. The van der Waals surface area contributed by atoms with E-state index < -0.39 is 16.0 Å². The van der Waals surface area contributed by atoms with E-state index in [2.05, 4.69) is 4.72 Å². The van der Waals surface area contributed by atoms with E-state index in [1.807, 2.05) is 28.7 Å². The van der Waals surface area contributed by atoms with Crippen LogP contribution >= 0.6 is 22.6 Å². The Labute approximate surface area is 131 Å². The number of unbranched alkanes of at least 4 members (excludes halogenated alkanes) is 2. The molecule has 0 spiro atoms. The molecule has 20 heavy (non-hydrogen) atoms. The topological polar surface area (TPSA) is 107 Å². The van der Waals surface area contributed by atoms with E-state index in [0.29, 0.717) is 22.8 Å². The van der Waals surface area contributed by atoms with Crippen molar-refractivity contribution in [2.24, 2.45) is 0 Å². The SMILES string of the molecule is N#CCCCCNS(=O)(=O)c1ccc(I)c(C(=O)O)c1. The molecule has 2 N–H and O–H groups in total. The van der Waals surface area contributed by atoms with Crippen molar-refractivity contribution in [1.29, 1.82) is 5.26 Å². The Hall–Kier alpha value is -1.18. The Balaban J connectivity index is 2.80. The summed E-state index contributed by atoms with van der Waals surface area (Å²) in [7, 11) is -3.72. The molecule has 0 heterocycles. The van der Waals surface area contributed by atoms with Gasteiger partial charge in [0.25, 0.3) is 0 Å². The Morgan fingerprint density at radius 1 is 1.40 bits per heavy atom. The third-order valence-corrected chi connectivity index (χ3v) is 4.89. The standard InChI is InChI=1S/C12H13IN2O4S/c13-11-5-4-9(8-10(11)12(16)17)20(18,19)15-7-3-1-2-6-14/h4-5,8,15H,1-3,7H2,(H,16,17). The maximum Gasteiger partial charge on any atom is 0.336 e. The van der Waals surface area contributed by atoms with Crippen LogP contribution in [-0.2, 0) is 10.0 Å². The van der Waals surface area contributed by atoms with Crippen molar-refractivity contribution in [2.45, 2.75) is 24.2 Å². The lowest BCUT2D eigenvalue weighted by Gasteiger charge is -2.08. The van der Waals surface area contributed by atoms with E-state index in [0.717, 1.165) is 6.07 Å². The number of carboxylic acids is 1. The third-order valence-electron chi connectivity index (χ3n) is 2.49. The molecular formula is C12H13IN2O4S. The van der Waals surface area contributed by atoms with Gasteiger partial charge in [-0.15, -0.1) is 0 Å². The predicted octanol–water partition coefficient (Wildman–Crippen LogP) is 1.96. The second-order valence-corrected chi connectivity index (χ2v) is 6.89. The summed E-state index contributed by atoms with van der Waals surface area (Å²) < 4.78 is 26.8. The van der Waals surface area contributed by atoms with Gasteiger partial charge < -0.3 is 5.11 Å². The first-order valence-corrected chi connectivity index (χ1v) is 8.34. The zero-order chi connectivity index (χ0) is 15.2.